The predicted molar refractivity (Wildman–Crippen MR) is 117 cm³/mol. The van der Waals surface area contributed by atoms with Gasteiger partial charge in [-0.05, 0) is 36.5 Å². The first-order valence-electron chi connectivity index (χ1n) is 8.69. The summed E-state index contributed by atoms with van der Waals surface area (Å²) < 4.78 is 7.32. The van der Waals surface area contributed by atoms with E-state index in [1.165, 1.54) is 0 Å². The van der Waals surface area contributed by atoms with E-state index >= 15 is 0 Å². The minimum Gasteiger partial charge on any atom is -0.496 e. The molecule has 7 heteroatoms. The molecular formula is C21H21N5OS. The first kappa shape index (κ1) is 19.3. The van der Waals surface area contributed by atoms with Crippen LogP contribution < -0.4 is 15.5 Å². The number of benzene rings is 2. The molecular weight excluding hydrogens is 370 g/mol. The number of hydrogen-bond acceptors (Lipinski definition) is 4. The third-order valence-electron chi connectivity index (χ3n) is 3.90. The van der Waals surface area contributed by atoms with E-state index in [1.54, 1.807) is 19.4 Å². The number of ether oxygens (including phenoxy) is 1. The van der Waals surface area contributed by atoms with Crippen molar-refractivity contribution in [1.29, 1.82) is 0 Å². The number of rotatable bonds is 7. The van der Waals surface area contributed by atoms with Crippen LogP contribution in [0.1, 0.15) is 5.56 Å². The van der Waals surface area contributed by atoms with Gasteiger partial charge in [0.05, 0.1) is 19.0 Å². The molecule has 1 aromatic heterocycles. The van der Waals surface area contributed by atoms with Gasteiger partial charge in [0.2, 0.25) is 0 Å². The Morgan fingerprint density at radius 2 is 1.96 bits per heavy atom. The van der Waals surface area contributed by atoms with Gasteiger partial charge in [0.1, 0.15) is 11.4 Å². The van der Waals surface area contributed by atoms with Gasteiger partial charge < -0.3 is 10.1 Å². The third kappa shape index (κ3) is 4.63. The summed E-state index contributed by atoms with van der Waals surface area (Å²) in [6.07, 6.45) is 5.33. The summed E-state index contributed by atoms with van der Waals surface area (Å²) in [5.74, 6) is 0.742. The molecule has 142 valence electrons. The molecule has 3 rings (SSSR count). The number of nitrogens with one attached hydrogen (secondary N) is 2. The summed E-state index contributed by atoms with van der Waals surface area (Å²) in [5.41, 5.74) is 6.22. The summed E-state index contributed by atoms with van der Waals surface area (Å²) in [4.78, 5) is 0. The largest absolute Gasteiger partial charge is 0.496 e. The average Bonchev–Trinajstić information content (AvgIpc) is 3.16. The fourth-order valence-electron chi connectivity index (χ4n) is 2.61. The van der Waals surface area contributed by atoms with Gasteiger partial charge in [-0.15, -0.1) is 6.58 Å². The molecule has 0 unspecified atom stereocenters. The highest BCUT2D eigenvalue weighted by Gasteiger charge is 2.14. The minimum absolute atomic E-state index is 0.422. The number of para-hydroxylation sites is 2. The van der Waals surface area contributed by atoms with E-state index < -0.39 is 0 Å². The van der Waals surface area contributed by atoms with E-state index in [1.807, 2.05) is 65.5 Å². The fourth-order valence-corrected chi connectivity index (χ4v) is 2.75. The normalized spacial score (nSPS) is 10.6. The quantitative estimate of drug-likeness (QED) is 0.279. The van der Waals surface area contributed by atoms with Crippen molar-refractivity contribution in [3.05, 3.63) is 79.0 Å². The molecule has 0 spiro atoms. The van der Waals surface area contributed by atoms with Crippen LogP contribution >= 0.6 is 12.2 Å². The number of hydrogen-bond donors (Lipinski definition) is 2. The maximum Gasteiger partial charge on any atom is 0.187 e. The molecule has 0 radical (unpaired) electrons. The summed E-state index contributed by atoms with van der Waals surface area (Å²) >= 11 is 5.16. The Morgan fingerprint density at radius 3 is 2.71 bits per heavy atom. The van der Waals surface area contributed by atoms with E-state index in [-0.39, 0.29) is 0 Å². The third-order valence-corrected chi connectivity index (χ3v) is 4.14. The number of methoxy groups -OCH3 is 1. The van der Waals surface area contributed by atoms with Crippen molar-refractivity contribution in [3.63, 3.8) is 0 Å². The first-order chi connectivity index (χ1) is 13.7. The molecule has 0 atom stereocenters. The van der Waals surface area contributed by atoms with E-state index in [0.717, 1.165) is 28.3 Å². The molecule has 1 heterocycles. The Morgan fingerprint density at radius 1 is 1.21 bits per heavy atom. The Bertz CT molecular complexity index is 981. The zero-order valence-electron chi connectivity index (χ0n) is 15.5. The zero-order valence-corrected chi connectivity index (χ0v) is 16.3. The van der Waals surface area contributed by atoms with Crippen LogP contribution in [-0.4, -0.2) is 34.8 Å². The fraction of sp³-hybridized carbons (Fsp3) is 0.0952. The SMILES string of the molecule is C=CCNC(=S)N/N=C\c1cn(-c2ccccc2)nc1-c1ccccc1OC. The summed E-state index contributed by atoms with van der Waals surface area (Å²) in [6, 6.07) is 17.7. The maximum absolute atomic E-state index is 5.51. The lowest BCUT2D eigenvalue weighted by atomic mass is 10.1. The first-order valence-corrected chi connectivity index (χ1v) is 9.10. The van der Waals surface area contributed by atoms with E-state index in [9.17, 15) is 0 Å². The molecule has 0 amide bonds. The van der Waals surface area contributed by atoms with Crippen LogP contribution in [0.2, 0.25) is 0 Å². The Balaban J connectivity index is 1.96. The number of thiocarbonyl (C=S) groups is 1. The Kier molecular flexibility index (Phi) is 6.54. The lowest BCUT2D eigenvalue weighted by Gasteiger charge is -2.06. The maximum atomic E-state index is 5.51. The second-order valence-electron chi connectivity index (χ2n) is 5.78. The smallest absolute Gasteiger partial charge is 0.187 e. The molecule has 0 aliphatic heterocycles. The lowest BCUT2D eigenvalue weighted by Crippen LogP contribution is -2.31. The van der Waals surface area contributed by atoms with Crippen molar-refractivity contribution in [2.24, 2.45) is 5.10 Å². The molecule has 0 aliphatic rings. The molecule has 2 N–H and O–H groups in total. The van der Waals surface area contributed by atoms with Gasteiger partial charge in [0, 0.05) is 23.9 Å². The van der Waals surface area contributed by atoms with Crippen molar-refractivity contribution in [1.82, 2.24) is 20.5 Å². The van der Waals surface area contributed by atoms with Crippen LogP contribution in [0.25, 0.3) is 16.9 Å². The van der Waals surface area contributed by atoms with Gasteiger partial charge >= 0.3 is 0 Å². The second kappa shape index (κ2) is 9.48. The van der Waals surface area contributed by atoms with Crippen LogP contribution in [-0.2, 0) is 0 Å². The minimum atomic E-state index is 0.422. The Labute approximate surface area is 169 Å². The standard InChI is InChI=1S/C21H21N5OS/c1-3-13-22-21(28)24-23-14-16-15-26(17-9-5-4-6-10-17)25-20(16)18-11-7-8-12-19(18)27-2/h3-12,14-15H,1,13H2,2H3,(H2,22,24,28)/b23-14-. The van der Waals surface area contributed by atoms with Gasteiger partial charge in [-0.3, -0.25) is 5.43 Å². The van der Waals surface area contributed by atoms with Gasteiger partial charge in [-0.25, -0.2) is 4.68 Å². The van der Waals surface area contributed by atoms with Crippen molar-refractivity contribution < 1.29 is 4.74 Å². The molecule has 3 aromatic rings. The molecule has 0 saturated carbocycles. The molecule has 6 nitrogen and oxygen atoms in total. The Hall–Kier alpha value is -3.45. The molecule has 0 bridgehead atoms. The van der Waals surface area contributed by atoms with Crippen molar-refractivity contribution >= 4 is 23.5 Å². The summed E-state index contributed by atoms with van der Waals surface area (Å²) in [7, 11) is 1.64. The van der Waals surface area contributed by atoms with Crippen LogP contribution in [0.5, 0.6) is 5.75 Å². The van der Waals surface area contributed by atoms with Crippen molar-refractivity contribution in [2.45, 2.75) is 0 Å². The number of aromatic nitrogens is 2. The molecule has 0 saturated heterocycles. The van der Waals surface area contributed by atoms with Gasteiger partial charge in [0.15, 0.2) is 5.11 Å². The highest BCUT2D eigenvalue weighted by atomic mass is 32.1. The van der Waals surface area contributed by atoms with E-state index in [0.29, 0.717) is 11.7 Å². The molecule has 28 heavy (non-hydrogen) atoms. The lowest BCUT2D eigenvalue weighted by molar-refractivity contribution is 0.416. The summed E-state index contributed by atoms with van der Waals surface area (Å²) in [5, 5.41) is 12.4. The predicted octanol–water partition coefficient (Wildman–Crippen LogP) is 3.53. The molecule has 0 aliphatic carbocycles. The van der Waals surface area contributed by atoms with Crippen molar-refractivity contribution in [2.75, 3.05) is 13.7 Å². The number of hydrazone groups is 1. The van der Waals surface area contributed by atoms with Crippen LogP contribution in [0.15, 0.2) is 78.6 Å². The van der Waals surface area contributed by atoms with E-state index in [4.69, 9.17) is 22.1 Å². The summed E-state index contributed by atoms with van der Waals surface area (Å²) in [6.45, 7) is 4.21. The topological polar surface area (TPSA) is 63.5 Å². The van der Waals surface area contributed by atoms with Gasteiger partial charge in [-0.2, -0.15) is 10.2 Å². The highest BCUT2D eigenvalue weighted by Crippen LogP contribution is 2.31. The van der Waals surface area contributed by atoms with Crippen LogP contribution in [0.3, 0.4) is 0 Å². The van der Waals surface area contributed by atoms with Crippen LogP contribution in [0, 0.1) is 0 Å². The average molecular weight is 392 g/mol. The number of nitrogens with zero attached hydrogens (tertiary/aromatic N) is 3. The molecule has 0 fully saturated rings. The van der Waals surface area contributed by atoms with Gasteiger partial charge in [0.25, 0.3) is 0 Å². The second-order valence-corrected chi connectivity index (χ2v) is 6.19. The van der Waals surface area contributed by atoms with Crippen LogP contribution in [0.4, 0.5) is 0 Å². The van der Waals surface area contributed by atoms with Crippen molar-refractivity contribution in [3.8, 4) is 22.7 Å². The molecule has 2 aromatic carbocycles. The highest BCUT2D eigenvalue weighted by molar-refractivity contribution is 7.80. The monoisotopic (exact) mass is 391 g/mol. The van der Waals surface area contributed by atoms with E-state index in [2.05, 4.69) is 22.4 Å². The van der Waals surface area contributed by atoms with Gasteiger partial charge in [-0.1, -0.05) is 36.4 Å². The zero-order chi connectivity index (χ0) is 19.8.